The van der Waals surface area contributed by atoms with E-state index in [4.69, 9.17) is 0 Å². The van der Waals surface area contributed by atoms with Crippen molar-refractivity contribution < 1.29 is 0 Å². The summed E-state index contributed by atoms with van der Waals surface area (Å²) in [6, 6.07) is 9.02. The van der Waals surface area contributed by atoms with Gasteiger partial charge in [0.15, 0.2) is 0 Å². The van der Waals surface area contributed by atoms with Gasteiger partial charge in [0.1, 0.15) is 0 Å². The van der Waals surface area contributed by atoms with E-state index in [-0.39, 0.29) is 0 Å². The van der Waals surface area contributed by atoms with Gasteiger partial charge in [0.25, 0.3) is 0 Å². The fourth-order valence-electron chi connectivity index (χ4n) is 3.12. The number of hydrogen-bond acceptors (Lipinski definition) is 2. The molecule has 0 saturated carbocycles. The van der Waals surface area contributed by atoms with Crippen molar-refractivity contribution in [3.8, 4) is 0 Å². The highest BCUT2D eigenvalue weighted by Gasteiger charge is 2.37. The van der Waals surface area contributed by atoms with Gasteiger partial charge < -0.3 is 10.2 Å². The van der Waals surface area contributed by atoms with E-state index >= 15 is 0 Å². The molecule has 1 aliphatic heterocycles. The monoisotopic (exact) mass is 260 g/mol. The number of rotatable bonds is 5. The SMILES string of the molecule is CCc1ccc(N(C)CC2(C(C)C)CCNC2)cc1. The maximum Gasteiger partial charge on any atom is 0.0363 e. The van der Waals surface area contributed by atoms with Crippen LogP contribution in [0.1, 0.15) is 32.8 Å². The summed E-state index contributed by atoms with van der Waals surface area (Å²) in [5.41, 5.74) is 3.18. The van der Waals surface area contributed by atoms with Crippen LogP contribution >= 0.6 is 0 Å². The van der Waals surface area contributed by atoms with E-state index in [1.54, 1.807) is 0 Å². The topological polar surface area (TPSA) is 15.3 Å². The Kier molecular flexibility index (Phi) is 4.51. The zero-order valence-corrected chi connectivity index (χ0v) is 12.9. The molecule has 1 aromatic carbocycles. The smallest absolute Gasteiger partial charge is 0.0363 e. The Bertz CT molecular complexity index is 388. The summed E-state index contributed by atoms with van der Waals surface area (Å²) < 4.78 is 0. The summed E-state index contributed by atoms with van der Waals surface area (Å²) in [6.07, 6.45) is 2.41. The molecule has 0 spiro atoms. The minimum atomic E-state index is 0.429. The van der Waals surface area contributed by atoms with Crippen LogP contribution in [0, 0.1) is 11.3 Å². The molecule has 19 heavy (non-hydrogen) atoms. The molecular formula is C17H28N2. The number of hydrogen-bond donors (Lipinski definition) is 1. The lowest BCUT2D eigenvalue weighted by Crippen LogP contribution is -2.41. The Morgan fingerprint density at radius 2 is 1.95 bits per heavy atom. The van der Waals surface area contributed by atoms with Gasteiger partial charge >= 0.3 is 0 Å². The van der Waals surface area contributed by atoms with Gasteiger partial charge in [-0.25, -0.2) is 0 Å². The molecule has 0 aromatic heterocycles. The third-order valence-corrected chi connectivity index (χ3v) is 4.84. The molecule has 1 heterocycles. The Morgan fingerprint density at radius 1 is 1.26 bits per heavy atom. The number of aryl methyl sites for hydroxylation is 1. The summed E-state index contributed by atoms with van der Waals surface area (Å²) in [6.45, 7) is 10.4. The van der Waals surface area contributed by atoms with Crippen LogP contribution in [0.4, 0.5) is 5.69 Å². The molecule has 2 heteroatoms. The van der Waals surface area contributed by atoms with Gasteiger partial charge in [-0.15, -0.1) is 0 Å². The van der Waals surface area contributed by atoms with Gasteiger partial charge in [-0.05, 0) is 43.0 Å². The van der Waals surface area contributed by atoms with E-state index in [1.807, 2.05) is 0 Å². The lowest BCUT2D eigenvalue weighted by molar-refractivity contribution is 0.226. The van der Waals surface area contributed by atoms with Crippen molar-refractivity contribution in [3.63, 3.8) is 0 Å². The van der Waals surface area contributed by atoms with Crippen molar-refractivity contribution in [1.82, 2.24) is 5.32 Å². The molecule has 1 saturated heterocycles. The van der Waals surface area contributed by atoms with Crippen LogP contribution in [-0.4, -0.2) is 26.7 Å². The third kappa shape index (κ3) is 3.11. The van der Waals surface area contributed by atoms with Gasteiger partial charge in [-0.1, -0.05) is 32.9 Å². The molecule has 0 amide bonds. The van der Waals surface area contributed by atoms with Crippen LogP contribution in [0.5, 0.6) is 0 Å². The van der Waals surface area contributed by atoms with E-state index in [9.17, 15) is 0 Å². The molecule has 1 unspecified atom stereocenters. The van der Waals surface area contributed by atoms with Gasteiger partial charge in [0.05, 0.1) is 0 Å². The predicted molar refractivity (Wildman–Crippen MR) is 83.8 cm³/mol. The number of anilines is 1. The van der Waals surface area contributed by atoms with Crippen LogP contribution in [0.3, 0.4) is 0 Å². The van der Waals surface area contributed by atoms with Crippen molar-refractivity contribution in [2.24, 2.45) is 11.3 Å². The van der Waals surface area contributed by atoms with Crippen molar-refractivity contribution in [2.75, 3.05) is 31.6 Å². The van der Waals surface area contributed by atoms with Gasteiger partial charge in [0, 0.05) is 31.2 Å². The van der Waals surface area contributed by atoms with E-state index in [1.165, 1.54) is 24.2 Å². The fourth-order valence-corrected chi connectivity index (χ4v) is 3.12. The zero-order chi connectivity index (χ0) is 13.9. The first-order valence-electron chi connectivity index (χ1n) is 7.58. The molecule has 1 aromatic rings. The Balaban J connectivity index is 2.08. The van der Waals surface area contributed by atoms with Gasteiger partial charge in [-0.3, -0.25) is 0 Å². The lowest BCUT2D eigenvalue weighted by Gasteiger charge is -2.37. The van der Waals surface area contributed by atoms with Crippen molar-refractivity contribution in [1.29, 1.82) is 0 Å². The molecule has 2 rings (SSSR count). The van der Waals surface area contributed by atoms with E-state index < -0.39 is 0 Å². The Hall–Kier alpha value is -1.02. The second-order valence-corrected chi connectivity index (χ2v) is 6.32. The van der Waals surface area contributed by atoms with Crippen LogP contribution in [0.2, 0.25) is 0 Å². The lowest BCUT2D eigenvalue weighted by atomic mass is 9.76. The van der Waals surface area contributed by atoms with Crippen molar-refractivity contribution >= 4 is 5.69 Å². The first-order valence-corrected chi connectivity index (χ1v) is 7.58. The number of nitrogens with zero attached hydrogens (tertiary/aromatic N) is 1. The zero-order valence-electron chi connectivity index (χ0n) is 12.9. The molecule has 0 aliphatic carbocycles. The fraction of sp³-hybridized carbons (Fsp3) is 0.647. The summed E-state index contributed by atoms with van der Waals surface area (Å²) >= 11 is 0. The quantitative estimate of drug-likeness (QED) is 0.873. The normalized spacial score (nSPS) is 23.0. The highest BCUT2D eigenvalue weighted by molar-refractivity contribution is 5.47. The van der Waals surface area contributed by atoms with Crippen LogP contribution in [0.25, 0.3) is 0 Å². The molecule has 0 bridgehead atoms. The number of nitrogens with one attached hydrogen (secondary N) is 1. The molecule has 1 atom stereocenters. The minimum absolute atomic E-state index is 0.429. The predicted octanol–water partition coefficient (Wildman–Crippen LogP) is 3.32. The summed E-state index contributed by atoms with van der Waals surface area (Å²) in [7, 11) is 2.23. The van der Waals surface area contributed by atoms with Gasteiger partial charge in [-0.2, -0.15) is 0 Å². The average Bonchev–Trinajstić information content (AvgIpc) is 2.88. The second kappa shape index (κ2) is 5.96. The van der Waals surface area contributed by atoms with Crippen LogP contribution < -0.4 is 10.2 Å². The second-order valence-electron chi connectivity index (χ2n) is 6.32. The Labute approximate surface area is 118 Å². The molecule has 1 aliphatic rings. The molecule has 1 N–H and O–H groups in total. The standard InChI is InChI=1S/C17H28N2/c1-5-15-6-8-16(9-7-15)19(4)13-17(14(2)3)10-11-18-12-17/h6-9,14,18H,5,10-13H2,1-4H3. The average molecular weight is 260 g/mol. The summed E-state index contributed by atoms with van der Waals surface area (Å²) in [5.74, 6) is 0.722. The highest BCUT2D eigenvalue weighted by Crippen LogP contribution is 2.35. The van der Waals surface area contributed by atoms with E-state index in [2.05, 4.69) is 62.3 Å². The first kappa shape index (κ1) is 14.4. The van der Waals surface area contributed by atoms with Crippen LogP contribution in [-0.2, 0) is 6.42 Å². The maximum atomic E-state index is 3.54. The minimum Gasteiger partial charge on any atom is -0.374 e. The van der Waals surface area contributed by atoms with E-state index in [0.717, 1.165) is 25.4 Å². The molecule has 106 valence electrons. The van der Waals surface area contributed by atoms with Crippen molar-refractivity contribution in [2.45, 2.75) is 33.6 Å². The largest absolute Gasteiger partial charge is 0.374 e. The van der Waals surface area contributed by atoms with Crippen molar-refractivity contribution in [3.05, 3.63) is 29.8 Å². The van der Waals surface area contributed by atoms with Crippen LogP contribution in [0.15, 0.2) is 24.3 Å². The molecular weight excluding hydrogens is 232 g/mol. The van der Waals surface area contributed by atoms with Gasteiger partial charge in [0.2, 0.25) is 0 Å². The Morgan fingerprint density at radius 3 is 2.42 bits per heavy atom. The maximum absolute atomic E-state index is 3.54. The third-order valence-electron chi connectivity index (χ3n) is 4.84. The first-order chi connectivity index (χ1) is 9.07. The molecule has 0 radical (unpaired) electrons. The summed E-state index contributed by atoms with van der Waals surface area (Å²) in [4.78, 5) is 2.42. The highest BCUT2D eigenvalue weighted by atomic mass is 15.1. The van der Waals surface area contributed by atoms with E-state index in [0.29, 0.717) is 5.41 Å². The molecule has 2 nitrogen and oxygen atoms in total. The summed E-state index contributed by atoms with van der Waals surface area (Å²) in [5, 5.41) is 3.54. The number of benzene rings is 1. The molecule has 1 fully saturated rings.